The highest BCUT2D eigenvalue weighted by molar-refractivity contribution is 9.10. The van der Waals surface area contributed by atoms with Crippen LogP contribution in [0, 0.1) is 0 Å². The molecule has 25 heavy (non-hydrogen) atoms. The fraction of sp³-hybridized carbons (Fsp3) is 0.333. The summed E-state index contributed by atoms with van der Waals surface area (Å²) in [7, 11) is 1.51. The molecule has 0 aliphatic heterocycles. The van der Waals surface area contributed by atoms with E-state index in [9.17, 15) is 13.6 Å². The Hall–Kier alpha value is -1.22. The Morgan fingerprint density at radius 2 is 1.92 bits per heavy atom. The summed E-state index contributed by atoms with van der Waals surface area (Å²) >= 11 is 3.32. The lowest BCUT2D eigenvalue weighted by atomic mass is 9.92. The number of carbonyl (C=O) groups excluding carboxylic acids is 1. The van der Waals surface area contributed by atoms with E-state index in [0.717, 1.165) is 9.04 Å². The maximum absolute atomic E-state index is 12.8. The van der Waals surface area contributed by atoms with Crippen LogP contribution in [0.15, 0.2) is 41.1 Å². The van der Waals surface area contributed by atoms with Crippen molar-refractivity contribution < 1.29 is 13.6 Å². The smallest absolute Gasteiger partial charge is 0.319 e. The summed E-state index contributed by atoms with van der Waals surface area (Å²) in [6.45, 7) is -1.17. The molecule has 140 valence electrons. The number of nitrogens with zero attached hydrogens (tertiary/aromatic N) is 3. The first-order valence-electron chi connectivity index (χ1n) is 6.84. The van der Waals surface area contributed by atoms with Crippen LogP contribution < -0.4 is 5.73 Å². The van der Waals surface area contributed by atoms with Crippen molar-refractivity contribution in [2.45, 2.75) is 25.6 Å². The minimum atomic E-state index is -2.70. The van der Waals surface area contributed by atoms with Crippen LogP contribution in [0.4, 0.5) is 8.78 Å². The molecule has 0 aliphatic rings. The molecule has 0 bridgehead atoms. The van der Waals surface area contributed by atoms with Crippen LogP contribution in [0.5, 0.6) is 0 Å². The summed E-state index contributed by atoms with van der Waals surface area (Å²) in [6.07, 6.45) is 2.45. The molecule has 2 aromatic rings. The lowest BCUT2D eigenvalue weighted by Gasteiger charge is -2.29. The molecule has 10 heteroatoms. The van der Waals surface area contributed by atoms with Gasteiger partial charge < -0.3 is 10.6 Å². The Labute approximate surface area is 165 Å². The van der Waals surface area contributed by atoms with Gasteiger partial charge in [0.1, 0.15) is 11.4 Å². The van der Waals surface area contributed by atoms with Crippen LogP contribution in [-0.2, 0) is 16.9 Å². The Morgan fingerprint density at radius 1 is 1.36 bits per heavy atom. The topological polar surface area (TPSA) is 64.2 Å². The Balaban J connectivity index is 0.00000288. The molecule has 0 aliphatic carbocycles. The second-order valence-corrected chi connectivity index (χ2v) is 6.31. The molecule has 1 aromatic carbocycles. The minimum Gasteiger partial charge on any atom is -0.336 e. The SMILES string of the molecule is CN(Cc1nccn1C(F)F)C(=O)C(C)(N)c1ccc(Br)cc1.Cl.Cl. The van der Waals surface area contributed by atoms with Crippen LogP contribution in [0.2, 0.25) is 0 Å². The molecule has 1 atom stereocenters. The van der Waals surface area contributed by atoms with Crippen molar-refractivity contribution in [3.05, 3.63) is 52.5 Å². The van der Waals surface area contributed by atoms with Gasteiger partial charge in [0.05, 0.1) is 6.54 Å². The Bertz CT molecular complexity index is 695. The number of benzene rings is 1. The van der Waals surface area contributed by atoms with Crippen LogP contribution in [-0.4, -0.2) is 27.4 Å². The molecule has 1 heterocycles. The number of carbonyl (C=O) groups is 1. The van der Waals surface area contributed by atoms with Crippen LogP contribution in [0.25, 0.3) is 0 Å². The highest BCUT2D eigenvalue weighted by Crippen LogP contribution is 2.23. The van der Waals surface area contributed by atoms with Gasteiger partial charge in [-0.3, -0.25) is 9.36 Å². The molecule has 0 fully saturated rings. The van der Waals surface area contributed by atoms with Crippen molar-refractivity contribution in [1.82, 2.24) is 14.5 Å². The van der Waals surface area contributed by atoms with E-state index in [1.165, 1.54) is 24.3 Å². The summed E-state index contributed by atoms with van der Waals surface area (Å²) in [5, 5.41) is 0. The van der Waals surface area contributed by atoms with E-state index in [1.54, 1.807) is 31.2 Å². The van der Waals surface area contributed by atoms with Gasteiger partial charge in [0, 0.05) is 23.9 Å². The molecule has 1 aromatic heterocycles. The van der Waals surface area contributed by atoms with Gasteiger partial charge in [0.15, 0.2) is 0 Å². The first kappa shape index (κ1) is 23.8. The molecule has 5 nitrogen and oxygen atoms in total. The predicted molar refractivity (Wildman–Crippen MR) is 100 cm³/mol. The van der Waals surface area contributed by atoms with E-state index in [2.05, 4.69) is 20.9 Å². The lowest BCUT2D eigenvalue weighted by Crippen LogP contribution is -2.49. The number of nitrogens with two attached hydrogens (primary N) is 1. The average Bonchev–Trinajstić information content (AvgIpc) is 2.95. The number of rotatable bonds is 5. The molecule has 0 saturated carbocycles. The summed E-state index contributed by atoms with van der Waals surface area (Å²) < 4.78 is 27.3. The number of halogens is 5. The third kappa shape index (κ3) is 5.37. The third-order valence-electron chi connectivity index (χ3n) is 3.57. The summed E-state index contributed by atoms with van der Waals surface area (Å²) in [5.41, 5.74) is 5.55. The van der Waals surface area contributed by atoms with Crippen LogP contribution in [0.3, 0.4) is 0 Å². The first-order valence-corrected chi connectivity index (χ1v) is 7.63. The zero-order valence-corrected chi connectivity index (χ0v) is 16.7. The van der Waals surface area contributed by atoms with Crippen LogP contribution in [0.1, 0.15) is 24.9 Å². The van der Waals surface area contributed by atoms with E-state index in [4.69, 9.17) is 5.73 Å². The van der Waals surface area contributed by atoms with Gasteiger partial charge in [-0.1, -0.05) is 28.1 Å². The Morgan fingerprint density at radius 3 is 2.44 bits per heavy atom. The second-order valence-electron chi connectivity index (χ2n) is 5.40. The van der Waals surface area contributed by atoms with E-state index in [-0.39, 0.29) is 43.1 Å². The number of hydrogen-bond acceptors (Lipinski definition) is 3. The summed E-state index contributed by atoms with van der Waals surface area (Å²) in [6, 6.07) is 7.07. The number of hydrogen-bond donors (Lipinski definition) is 1. The van der Waals surface area contributed by atoms with Crippen molar-refractivity contribution in [1.29, 1.82) is 0 Å². The fourth-order valence-corrected chi connectivity index (χ4v) is 2.51. The van der Waals surface area contributed by atoms with Crippen LogP contribution >= 0.6 is 40.7 Å². The molecule has 0 spiro atoms. The molecular formula is C15H19BrCl2F2N4O. The monoisotopic (exact) mass is 458 g/mol. The van der Waals surface area contributed by atoms with Gasteiger partial charge in [0.25, 0.3) is 0 Å². The quantitative estimate of drug-likeness (QED) is 0.741. The number of likely N-dealkylation sites (N-methyl/N-ethyl adjacent to an activating group) is 1. The third-order valence-corrected chi connectivity index (χ3v) is 4.10. The van der Waals surface area contributed by atoms with Gasteiger partial charge in [-0.25, -0.2) is 4.98 Å². The molecule has 2 rings (SSSR count). The predicted octanol–water partition coefficient (Wildman–Crippen LogP) is 3.72. The number of imidazole rings is 1. The molecule has 1 unspecified atom stereocenters. The molecular weight excluding hydrogens is 441 g/mol. The summed E-state index contributed by atoms with van der Waals surface area (Å²) in [5.74, 6) is -0.286. The largest absolute Gasteiger partial charge is 0.336 e. The zero-order chi connectivity index (χ0) is 17.2. The molecule has 1 amide bonds. The van der Waals surface area contributed by atoms with Crippen molar-refractivity contribution in [2.75, 3.05) is 7.05 Å². The second kappa shape index (κ2) is 9.47. The first-order chi connectivity index (χ1) is 10.7. The maximum atomic E-state index is 12.8. The van der Waals surface area contributed by atoms with E-state index in [0.29, 0.717) is 5.56 Å². The van der Waals surface area contributed by atoms with Gasteiger partial charge >= 0.3 is 6.55 Å². The van der Waals surface area contributed by atoms with Gasteiger partial charge in [-0.05, 0) is 24.6 Å². The van der Waals surface area contributed by atoms with Gasteiger partial charge in [0.2, 0.25) is 5.91 Å². The van der Waals surface area contributed by atoms with Gasteiger partial charge in [-0.15, -0.1) is 24.8 Å². The highest BCUT2D eigenvalue weighted by Gasteiger charge is 2.33. The normalized spacial score (nSPS) is 12.8. The average molecular weight is 460 g/mol. The van der Waals surface area contributed by atoms with Crippen molar-refractivity contribution in [3.8, 4) is 0 Å². The van der Waals surface area contributed by atoms with Crippen molar-refractivity contribution >= 4 is 46.7 Å². The molecule has 0 saturated heterocycles. The Kier molecular flexibility index (Phi) is 9.01. The number of alkyl halides is 2. The standard InChI is InChI=1S/C15H17BrF2N4O.2ClH/c1-15(19,10-3-5-11(16)6-4-10)13(23)21(2)9-12-20-7-8-22(12)14(17)18;;/h3-8,14H,9,19H2,1-2H3;2*1H. The maximum Gasteiger partial charge on any atom is 0.319 e. The molecule has 0 radical (unpaired) electrons. The fourth-order valence-electron chi connectivity index (χ4n) is 2.24. The van der Waals surface area contributed by atoms with Crippen molar-refractivity contribution in [2.24, 2.45) is 5.73 Å². The number of amides is 1. The van der Waals surface area contributed by atoms with Gasteiger partial charge in [-0.2, -0.15) is 8.78 Å². The summed E-state index contributed by atoms with van der Waals surface area (Å²) in [4.78, 5) is 17.8. The zero-order valence-electron chi connectivity index (χ0n) is 13.5. The number of aromatic nitrogens is 2. The van der Waals surface area contributed by atoms with E-state index in [1.807, 2.05) is 0 Å². The van der Waals surface area contributed by atoms with E-state index >= 15 is 0 Å². The minimum absolute atomic E-state index is 0. The molecule has 2 N–H and O–H groups in total. The highest BCUT2D eigenvalue weighted by atomic mass is 79.9. The lowest BCUT2D eigenvalue weighted by molar-refractivity contribution is -0.136. The van der Waals surface area contributed by atoms with Crippen molar-refractivity contribution in [3.63, 3.8) is 0 Å². The van der Waals surface area contributed by atoms with E-state index < -0.39 is 12.1 Å².